The molecule has 4 nitrogen and oxygen atoms in total. The lowest BCUT2D eigenvalue weighted by Crippen LogP contribution is -2.11. The lowest BCUT2D eigenvalue weighted by molar-refractivity contribution is 0.565. The van der Waals surface area contributed by atoms with Gasteiger partial charge in [-0.3, -0.25) is 4.68 Å². The van der Waals surface area contributed by atoms with E-state index in [1.165, 1.54) is 0 Å². The number of hydrogen-bond donors (Lipinski definition) is 0. The van der Waals surface area contributed by atoms with Gasteiger partial charge in [0.05, 0.1) is 27.6 Å². The molecule has 1 aromatic carbocycles. The Labute approximate surface area is 124 Å². The Balaban J connectivity index is 2.01. The highest BCUT2D eigenvalue weighted by Gasteiger charge is 2.14. The van der Waals surface area contributed by atoms with E-state index < -0.39 is 9.84 Å². The highest BCUT2D eigenvalue weighted by molar-refractivity contribution is 7.91. The molecule has 0 atom stereocenters. The fraction of sp³-hybridized carbons (Fsp3) is 0.357. The van der Waals surface area contributed by atoms with Crippen LogP contribution in [0.15, 0.2) is 35.4 Å². The summed E-state index contributed by atoms with van der Waals surface area (Å²) in [5, 5.41) is 4.71. The van der Waals surface area contributed by atoms with E-state index >= 15 is 0 Å². The van der Waals surface area contributed by atoms with Crippen molar-refractivity contribution in [3.63, 3.8) is 0 Å². The van der Waals surface area contributed by atoms with Crippen molar-refractivity contribution in [2.75, 3.05) is 5.75 Å². The van der Waals surface area contributed by atoms with Crippen molar-refractivity contribution in [1.29, 1.82) is 0 Å². The van der Waals surface area contributed by atoms with Crippen molar-refractivity contribution in [1.82, 2.24) is 9.78 Å². The minimum absolute atomic E-state index is 0.105. The fourth-order valence-corrected chi connectivity index (χ4v) is 3.52. The van der Waals surface area contributed by atoms with Crippen LogP contribution >= 0.6 is 11.6 Å². The zero-order chi connectivity index (χ0) is 14.8. The molecule has 0 bridgehead atoms. The van der Waals surface area contributed by atoms with Gasteiger partial charge in [-0.15, -0.1) is 0 Å². The highest BCUT2D eigenvalue weighted by atomic mass is 35.5. The van der Waals surface area contributed by atoms with Gasteiger partial charge in [-0.05, 0) is 38.0 Å². The van der Waals surface area contributed by atoms with Crippen LogP contribution < -0.4 is 0 Å². The first-order valence-corrected chi connectivity index (χ1v) is 8.40. The maximum Gasteiger partial charge on any atom is 0.178 e. The number of nitrogens with zero attached hydrogens (tertiary/aromatic N) is 2. The quantitative estimate of drug-likeness (QED) is 0.852. The lowest BCUT2D eigenvalue weighted by atomic mass is 10.2. The van der Waals surface area contributed by atoms with Gasteiger partial charge in [0.1, 0.15) is 0 Å². The second-order valence-electron chi connectivity index (χ2n) is 4.79. The molecule has 0 N–H and O–H groups in total. The predicted molar refractivity (Wildman–Crippen MR) is 79.8 cm³/mol. The average molecular weight is 313 g/mol. The summed E-state index contributed by atoms with van der Waals surface area (Å²) in [7, 11) is -3.23. The van der Waals surface area contributed by atoms with Crippen LogP contribution in [0.3, 0.4) is 0 Å². The molecule has 6 heteroatoms. The third kappa shape index (κ3) is 3.41. The molecule has 0 amide bonds. The van der Waals surface area contributed by atoms with E-state index in [9.17, 15) is 8.42 Å². The minimum Gasteiger partial charge on any atom is -0.268 e. The molecule has 1 aromatic heterocycles. The number of rotatable bonds is 5. The lowest BCUT2D eigenvalue weighted by Gasteiger charge is -2.07. The number of hydrogen-bond acceptors (Lipinski definition) is 3. The van der Waals surface area contributed by atoms with Crippen LogP contribution in [0.2, 0.25) is 5.02 Å². The van der Waals surface area contributed by atoms with Crippen molar-refractivity contribution < 1.29 is 8.42 Å². The molecular weight excluding hydrogens is 296 g/mol. The Kier molecular flexibility index (Phi) is 4.50. The van der Waals surface area contributed by atoms with Gasteiger partial charge in [0.15, 0.2) is 9.84 Å². The number of aromatic nitrogens is 2. The SMILES string of the molecule is Cc1cccc(S(=O)(=O)CCCn2ncc(Cl)c2C)c1. The maximum absolute atomic E-state index is 12.2. The van der Waals surface area contributed by atoms with Crippen molar-refractivity contribution in [2.45, 2.75) is 31.7 Å². The first-order chi connectivity index (χ1) is 9.40. The van der Waals surface area contributed by atoms with E-state index in [2.05, 4.69) is 5.10 Å². The van der Waals surface area contributed by atoms with Gasteiger partial charge in [0, 0.05) is 6.54 Å². The van der Waals surface area contributed by atoms with Crippen LogP contribution in [0.5, 0.6) is 0 Å². The second-order valence-corrected chi connectivity index (χ2v) is 7.31. The van der Waals surface area contributed by atoms with Gasteiger partial charge >= 0.3 is 0 Å². The van der Waals surface area contributed by atoms with Crippen LogP contribution in [-0.4, -0.2) is 24.0 Å². The molecule has 0 fully saturated rings. The van der Waals surface area contributed by atoms with Crippen LogP contribution in [0, 0.1) is 13.8 Å². The molecule has 0 saturated carbocycles. The van der Waals surface area contributed by atoms with Gasteiger partial charge in [-0.25, -0.2) is 8.42 Å². The summed E-state index contributed by atoms with van der Waals surface area (Å²) in [6.07, 6.45) is 2.08. The molecule has 0 radical (unpaired) electrons. The Bertz CT molecular complexity index is 708. The Morgan fingerprint density at radius 3 is 2.65 bits per heavy atom. The van der Waals surface area contributed by atoms with Crippen LogP contribution in [0.1, 0.15) is 17.7 Å². The summed E-state index contributed by atoms with van der Waals surface area (Å²) in [6.45, 7) is 4.29. The Morgan fingerprint density at radius 1 is 1.30 bits per heavy atom. The molecule has 108 valence electrons. The molecule has 1 heterocycles. The first kappa shape index (κ1) is 15.1. The van der Waals surface area contributed by atoms with E-state index in [-0.39, 0.29) is 5.75 Å². The summed E-state index contributed by atoms with van der Waals surface area (Å²) in [4.78, 5) is 0.382. The van der Waals surface area contributed by atoms with Gasteiger partial charge in [-0.2, -0.15) is 5.10 Å². The molecule has 0 aliphatic carbocycles. The molecule has 0 aliphatic heterocycles. The topological polar surface area (TPSA) is 52.0 Å². The van der Waals surface area contributed by atoms with Gasteiger partial charge in [0.25, 0.3) is 0 Å². The smallest absolute Gasteiger partial charge is 0.178 e. The number of sulfone groups is 1. The third-order valence-electron chi connectivity index (χ3n) is 3.17. The van der Waals surface area contributed by atoms with Crippen LogP contribution in [-0.2, 0) is 16.4 Å². The molecule has 0 spiro atoms. The monoisotopic (exact) mass is 312 g/mol. The van der Waals surface area contributed by atoms with Gasteiger partial charge in [-0.1, -0.05) is 23.7 Å². The molecule has 0 saturated heterocycles. The van der Waals surface area contributed by atoms with E-state index in [0.29, 0.717) is 22.9 Å². The second kappa shape index (κ2) is 5.97. The molecule has 2 aromatic rings. The summed E-state index contributed by atoms with van der Waals surface area (Å²) in [5.41, 5.74) is 1.81. The van der Waals surface area contributed by atoms with Crippen molar-refractivity contribution in [2.24, 2.45) is 0 Å². The molecule has 2 rings (SSSR count). The van der Waals surface area contributed by atoms with Crippen molar-refractivity contribution in [3.05, 3.63) is 46.7 Å². The van der Waals surface area contributed by atoms with Crippen LogP contribution in [0.4, 0.5) is 0 Å². The Hall–Kier alpha value is -1.33. The maximum atomic E-state index is 12.2. The molecular formula is C14H17ClN2O2S. The van der Waals surface area contributed by atoms with E-state index in [0.717, 1.165) is 11.3 Å². The average Bonchev–Trinajstić information content (AvgIpc) is 2.70. The minimum atomic E-state index is -3.23. The fourth-order valence-electron chi connectivity index (χ4n) is 1.98. The number of benzene rings is 1. The highest BCUT2D eigenvalue weighted by Crippen LogP contribution is 2.16. The molecule has 0 unspecified atom stereocenters. The predicted octanol–water partition coefficient (Wildman–Crippen LogP) is 3.02. The zero-order valence-electron chi connectivity index (χ0n) is 11.5. The Morgan fingerprint density at radius 2 is 2.05 bits per heavy atom. The first-order valence-electron chi connectivity index (χ1n) is 6.37. The van der Waals surface area contributed by atoms with E-state index in [1.54, 1.807) is 29.1 Å². The van der Waals surface area contributed by atoms with E-state index in [1.807, 2.05) is 19.9 Å². The molecule has 0 aliphatic rings. The normalized spacial score (nSPS) is 11.8. The summed E-state index contributed by atoms with van der Waals surface area (Å²) < 4.78 is 26.1. The largest absolute Gasteiger partial charge is 0.268 e. The standard InChI is InChI=1S/C14H17ClN2O2S/c1-11-5-3-6-13(9-11)20(18,19)8-4-7-17-12(2)14(15)10-16-17/h3,5-6,9-10H,4,7-8H2,1-2H3. The van der Waals surface area contributed by atoms with E-state index in [4.69, 9.17) is 11.6 Å². The van der Waals surface area contributed by atoms with Gasteiger partial charge < -0.3 is 0 Å². The van der Waals surface area contributed by atoms with Crippen molar-refractivity contribution >= 4 is 21.4 Å². The third-order valence-corrected chi connectivity index (χ3v) is 5.34. The van der Waals surface area contributed by atoms with Gasteiger partial charge in [0.2, 0.25) is 0 Å². The number of aryl methyl sites for hydroxylation is 2. The summed E-state index contributed by atoms with van der Waals surface area (Å²) in [5.74, 6) is 0.105. The summed E-state index contributed by atoms with van der Waals surface area (Å²) >= 11 is 5.91. The number of halogens is 1. The summed E-state index contributed by atoms with van der Waals surface area (Å²) in [6, 6.07) is 6.98. The molecule has 20 heavy (non-hydrogen) atoms. The van der Waals surface area contributed by atoms with Crippen molar-refractivity contribution in [3.8, 4) is 0 Å². The van der Waals surface area contributed by atoms with Crippen LogP contribution in [0.25, 0.3) is 0 Å². The zero-order valence-corrected chi connectivity index (χ0v) is 13.1.